The average molecular weight is 280 g/mol. The second-order valence-electron chi connectivity index (χ2n) is 3.84. The summed E-state index contributed by atoms with van der Waals surface area (Å²) < 4.78 is 0.682. The highest BCUT2D eigenvalue weighted by Crippen LogP contribution is 2.31. The Morgan fingerprint density at radius 2 is 2.22 bits per heavy atom. The quantitative estimate of drug-likeness (QED) is 0.872. The van der Waals surface area contributed by atoms with Gasteiger partial charge in [0.25, 0.3) is 0 Å². The summed E-state index contributed by atoms with van der Waals surface area (Å²) in [4.78, 5) is 10.8. The minimum atomic E-state index is -0.840. The Morgan fingerprint density at radius 1 is 1.44 bits per heavy atom. The number of carboxylic acid groups (broad SMARTS) is 1. The number of nitrogens with zero attached hydrogens (tertiary/aromatic N) is 2. The van der Waals surface area contributed by atoms with Crippen LogP contribution in [0.4, 0.5) is 0 Å². The van der Waals surface area contributed by atoms with Crippen molar-refractivity contribution in [2.24, 2.45) is 0 Å². The van der Waals surface area contributed by atoms with Gasteiger partial charge in [-0.25, -0.2) is 0 Å². The lowest BCUT2D eigenvalue weighted by molar-refractivity contribution is -0.136. The van der Waals surface area contributed by atoms with Crippen LogP contribution < -0.4 is 0 Å². The SMILES string of the molecule is Cc1cccc(-c2nnc(SC(C)C(=O)O)s2)c1. The van der Waals surface area contributed by atoms with Gasteiger partial charge < -0.3 is 5.11 Å². The van der Waals surface area contributed by atoms with E-state index in [9.17, 15) is 4.79 Å². The molecular formula is C12H12N2O2S2. The Hall–Kier alpha value is -1.40. The van der Waals surface area contributed by atoms with E-state index in [1.165, 1.54) is 23.1 Å². The zero-order chi connectivity index (χ0) is 13.1. The van der Waals surface area contributed by atoms with E-state index in [0.717, 1.165) is 16.1 Å². The molecule has 94 valence electrons. The van der Waals surface area contributed by atoms with Gasteiger partial charge in [-0.05, 0) is 19.9 Å². The standard InChI is InChI=1S/C12H12N2O2S2/c1-7-4-3-5-9(6-7)10-13-14-12(18-10)17-8(2)11(15)16/h3-6,8H,1-2H3,(H,15,16). The minimum absolute atomic E-state index is 0.511. The number of aliphatic carboxylic acids is 1. The molecule has 6 heteroatoms. The monoisotopic (exact) mass is 280 g/mol. The van der Waals surface area contributed by atoms with Crippen molar-refractivity contribution < 1.29 is 9.90 Å². The molecular weight excluding hydrogens is 268 g/mol. The summed E-state index contributed by atoms with van der Waals surface area (Å²) in [5.74, 6) is -0.840. The second kappa shape index (κ2) is 5.49. The molecule has 1 unspecified atom stereocenters. The maximum Gasteiger partial charge on any atom is 0.316 e. The first-order valence-corrected chi connectivity index (χ1v) is 7.06. The highest BCUT2D eigenvalue weighted by atomic mass is 32.2. The fourth-order valence-corrected chi connectivity index (χ4v) is 3.28. The summed E-state index contributed by atoms with van der Waals surface area (Å²) in [5, 5.41) is 17.3. The van der Waals surface area contributed by atoms with Gasteiger partial charge in [-0.3, -0.25) is 4.79 Å². The van der Waals surface area contributed by atoms with Crippen molar-refractivity contribution in [2.45, 2.75) is 23.4 Å². The van der Waals surface area contributed by atoms with Gasteiger partial charge >= 0.3 is 5.97 Å². The van der Waals surface area contributed by atoms with Crippen LogP contribution in [0, 0.1) is 6.92 Å². The summed E-state index contributed by atoms with van der Waals surface area (Å²) in [6, 6.07) is 8.00. The maximum absolute atomic E-state index is 10.8. The van der Waals surface area contributed by atoms with Crippen molar-refractivity contribution in [2.75, 3.05) is 0 Å². The molecule has 0 aliphatic rings. The number of aryl methyl sites for hydroxylation is 1. The van der Waals surface area contributed by atoms with Crippen molar-refractivity contribution in [1.29, 1.82) is 0 Å². The topological polar surface area (TPSA) is 63.1 Å². The van der Waals surface area contributed by atoms with E-state index in [2.05, 4.69) is 10.2 Å². The molecule has 0 aliphatic heterocycles. The van der Waals surface area contributed by atoms with Gasteiger partial charge in [0, 0.05) is 5.56 Å². The Morgan fingerprint density at radius 3 is 2.89 bits per heavy atom. The van der Waals surface area contributed by atoms with Crippen LogP contribution in [0.15, 0.2) is 28.6 Å². The van der Waals surface area contributed by atoms with Gasteiger partial charge in [-0.1, -0.05) is 46.9 Å². The maximum atomic E-state index is 10.8. The van der Waals surface area contributed by atoms with Gasteiger partial charge in [-0.15, -0.1) is 10.2 Å². The van der Waals surface area contributed by atoms with E-state index in [0.29, 0.717) is 4.34 Å². The molecule has 0 saturated carbocycles. The van der Waals surface area contributed by atoms with Crippen LogP contribution in [0.5, 0.6) is 0 Å². The Balaban J connectivity index is 2.18. The molecule has 4 nitrogen and oxygen atoms in total. The van der Waals surface area contributed by atoms with Crippen LogP contribution in [0.25, 0.3) is 10.6 Å². The lowest BCUT2D eigenvalue weighted by Crippen LogP contribution is -2.10. The Kier molecular flexibility index (Phi) is 3.98. The van der Waals surface area contributed by atoms with Crippen molar-refractivity contribution in [3.05, 3.63) is 29.8 Å². The largest absolute Gasteiger partial charge is 0.480 e. The summed E-state index contributed by atoms with van der Waals surface area (Å²) in [5.41, 5.74) is 2.18. The van der Waals surface area contributed by atoms with Crippen molar-refractivity contribution >= 4 is 29.1 Å². The zero-order valence-electron chi connectivity index (χ0n) is 9.95. The van der Waals surface area contributed by atoms with Crippen LogP contribution in [-0.2, 0) is 4.79 Å². The lowest BCUT2D eigenvalue weighted by atomic mass is 10.1. The predicted molar refractivity (Wildman–Crippen MR) is 73.0 cm³/mol. The highest BCUT2D eigenvalue weighted by Gasteiger charge is 2.16. The number of carbonyl (C=O) groups is 1. The van der Waals surface area contributed by atoms with Gasteiger partial charge in [0.15, 0.2) is 4.34 Å². The number of aromatic nitrogens is 2. The molecule has 0 bridgehead atoms. The number of benzene rings is 1. The minimum Gasteiger partial charge on any atom is -0.480 e. The molecule has 1 heterocycles. The van der Waals surface area contributed by atoms with E-state index in [4.69, 9.17) is 5.11 Å². The van der Waals surface area contributed by atoms with Crippen LogP contribution in [0.2, 0.25) is 0 Å². The number of thioether (sulfide) groups is 1. The summed E-state index contributed by atoms with van der Waals surface area (Å²) in [7, 11) is 0. The van der Waals surface area contributed by atoms with E-state index in [-0.39, 0.29) is 0 Å². The van der Waals surface area contributed by atoms with E-state index in [1.54, 1.807) is 6.92 Å². The number of hydrogen-bond acceptors (Lipinski definition) is 5. The van der Waals surface area contributed by atoms with Gasteiger partial charge in [0.05, 0.1) is 0 Å². The highest BCUT2D eigenvalue weighted by molar-refractivity contribution is 8.02. The third-order valence-electron chi connectivity index (χ3n) is 2.30. The fourth-order valence-electron chi connectivity index (χ4n) is 1.35. The first kappa shape index (κ1) is 13.0. The molecule has 2 aromatic rings. The number of rotatable bonds is 4. The van der Waals surface area contributed by atoms with Crippen LogP contribution >= 0.6 is 23.1 Å². The molecule has 0 fully saturated rings. The molecule has 18 heavy (non-hydrogen) atoms. The predicted octanol–water partition coefficient (Wildman–Crippen LogP) is 3.08. The van der Waals surface area contributed by atoms with Crippen molar-refractivity contribution in [1.82, 2.24) is 10.2 Å². The van der Waals surface area contributed by atoms with E-state index in [1.807, 2.05) is 31.2 Å². The summed E-state index contributed by atoms with van der Waals surface area (Å²) in [6.07, 6.45) is 0. The van der Waals surface area contributed by atoms with Crippen molar-refractivity contribution in [3.63, 3.8) is 0 Å². The molecule has 1 atom stereocenters. The molecule has 0 radical (unpaired) electrons. The molecule has 0 amide bonds. The fraction of sp³-hybridized carbons (Fsp3) is 0.250. The van der Waals surface area contributed by atoms with Crippen molar-refractivity contribution in [3.8, 4) is 10.6 Å². The van der Waals surface area contributed by atoms with Gasteiger partial charge in [0.2, 0.25) is 0 Å². The van der Waals surface area contributed by atoms with Crippen LogP contribution in [0.1, 0.15) is 12.5 Å². The first-order valence-electron chi connectivity index (χ1n) is 5.36. The summed E-state index contributed by atoms with van der Waals surface area (Å²) in [6.45, 7) is 3.66. The van der Waals surface area contributed by atoms with E-state index < -0.39 is 11.2 Å². The molecule has 2 rings (SSSR count). The lowest BCUT2D eigenvalue weighted by Gasteiger charge is -2.00. The first-order chi connectivity index (χ1) is 8.56. The van der Waals surface area contributed by atoms with Crippen LogP contribution in [0.3, 0.4) is 0 Å². The number of hydrogen-bond donors (Lipinski definition) is 1. The normalized spacial score (nSPS) is 12.3. The Labute approximate surface area is 113 Å². The van der Waals surface area contributed by atoms with Gasteiger partial charge in [-0.2, -0.15) is 0 Å². The average Bonchev–Trinajstić information content (AvgIpc) is 2.77. The Bertz CT molecular complexity index is 569. The third kappa shape index (κ3) is 3.08. The molecule has 0 aliphatic carbocycles. The van der Waals surface area contributed by atoms with Gasteiger partial charge in [0.1, 0.15) is 10.3 Å². The molecule has 1 aromatic heterocycles. The second-order valence-corrected chi connectivity index (χ2v) is 6.41. The number of carboxylic acids is 1. The zero-order valence-corrected chi connectivity index (χ0v) is 11.6. The molecule has 1 N–H and O–H groups in total. The third-order valence-corrected chi connectivity index (χ3v) is 4.44. The molecule has 1 aromatic carbocycles. The summed E-state index contributed by atoms with van der Waals surface area (Å²) >= 11 is 2.63. The van der Waals surface area contributed by atoms with E-state index >= 15 is 0 Å². The molecule has 0 saturated heterocycles. The molecule has 0 spiro atoms. The smallest absolute Gasteiger partial charge is 0.316 e. The van der Waals surface area contributed by atoms with Crippen LogP contribution in [-0.4, -0.2) is 26.5 Å².